The Morgan fingerprint density at radius 3 is 2.45 bits per heavy atom. The largest absolute Gasteiger partial charge is 0.465 e. The van der Waals surface area contributed by atoms with Crippen LogP contribution in [0.15, 0.2) is 66.4 Å². The van der Waals surface area contributed by atoms with E-state index >= 15 is 0 Å². The molecule has 0 saturated carbocycles. The second-order valence-electron chi connectivity index (χ2n) is 6.61. The zero-order valence-electron chi connectivity index (χ0n) is 15.7. The van der Waals surface area contributed by atoms with E-state index in [1.54, 1.807) is 23.2 Å². The lowest BCUT2D eigenvalue weighted by atomic mass is 10.00. The van der Waals surface area contributed by atoms with Crippen LogP contribution in [0.25, 0.3) is 0 Å². The van der Waals surface area contributed by atoms with E-state index in [0.717, 1.165) is 11.4 Å². The van der Waals surface area contributed by atoms with Gasteiger partial charge in [0.15, 0.2) is 0 Å². The number of likely N-dealkylation sites (tertiary alicyclic amines) is 1. The van der Waals surface area contributed by atoms with E-state index in [1.165, 1.54) is 4.90 Å². The van der Waals surface area contributed by atoms with E-state index in [-0.39, 0.29) is 12.5 Å². The molecule has 1 aliphatic heterocycles. The second-order valence-corrected chi connectivity index (χ2v) is 6.61. The first-order valence-electron chi connectivity index (χ1n) is 9.17. The first kappa shape index (κ1) is 19.8. The average molecular weight is 388 g/mol. The summed E-state index contributed by atoms with van der Waals surface area (Å²) < 4.78 is 5.78. The zero-order chi connectivity index (χ0) is 20.6. The number of carbonyl (C=O) groups is 1. The van der Waals surface area contributed by atoms with Crippen molar-refractivity contribution >= 4 is 11.8 Å². The fourth-order valence-electron chi connectivity index (χ4n) is 3.20. The fourth-order valence-corrected chi connectivity index (χ4v) is 3.20. The van der Waals surface area contributed by atoms with Crippen molar-refractivity contribution in [2.45, 2.75) is 6.42 Å². The minimum atomic E-state index is -0.979. The van der Waals surface area contributed by atoms with Gasteiger partial charge in [0.25, 0.3) is 0 Å². The number of carboxylic acid groups (broad SMARTS) is 1. The molecule has 1 heterocycles. The molecule has 1 atom stereocenters. The first-order chi connectivity index (χ1) is 14.1. The lowest BCUT2D eigenvalue weighted by molar-refractivity contribution is 0.154. The number of nitrogens with zero attached hydrogens (tertiary/aromatic N) is 4. The Morgan fingerprint density at radius 1 is 1.17 bits per heavy atom. The maximum atomic E-state index is 11.1. The Bertz CT molecular complexity index is 958. The van der Waals surface area contributed by atoms with Gasteiger partial charge in [0.2, 0.25) is 0 Å². The fraction of sp³-hybridized carbons (Fsp3) is 0.227. The van der Waals surface area contributed by atoms with Crippen molar-refractivity contribution in [2.24, 2.45) is 5.92 Å². The molecule has 2 aromatic carbocycles. The maximum Gasteiger partial charge on any atom is 0.407 e. The molecule has 146 valence electrons. The SMILES string of the molecule is N#CCN(/C=C(/C#N)C1CCN(C(=O)O)C1)c1ccc(Oc2ccccc2)cc1. The lowest BCUT2D eigenvalue weighted by Crippen LogP contribution is -2.27. The van der Waals surface area contributed by atoms with Gasteiger partial charge in [-0.2, -0.15) is 10.5 Å². The highest BCUT2D eigenvalue weighted by Gasteiger charge is 2.29. The molecule has 1 aliphatic rings. The third kappa shape index (κ3) is 5.06. The van der Waals surface area contributed by atoms with Crippen molar-refractivity contribution in [3.63, 3.8) is 0 Å². The summed E-state index contributed by atoms with van der Waals surface area (Å²) in [6.45, 7) is 0.765. The van der Waals surface area contributed by atoms with Crippen LogP contribution in [0, 0.1) is 28.6 Å². The van der Waals surface area contributed by atoms with E-state index in [2.05, 4.69) is 12.1 Å². The van der Waals surface area contributed by atoms with Crippen LogP contribution in [-0.4, -0.2) is 35.7 Å². The number of para-hydroxylation sites is 1. The summed E-state index contributed by atoms with van der Waals surface area (Å²) in [5.74, 6) is 1.22. The van der Waals surface area contributed by atoms with Crippen LogP contribution >= 0.6 is 0 Å². The normalized spacial score (nSPS) is 16.0. The average Bonchev–Trinajstić information content (AvgIpc) is 3.23. The number of hydrogen-bond acceptors (Lipinski definition) is 5. The number of benzene rings is 2. The third-order valence-corrected chi connectivity index (χ3v) is 4.71. The van der Waals surface area contributed by atoms with Crippen LogP contribution in [0.3, 0.4) is 0 Å². The molecule has 0 radical (unpaired) electrons. The van der Waals surface area contributed by atoms with Gasteiger partial charge in [0, 0.05) is 30.9 Å². The third-order valence-electron chi connectivity index (χ3n) is 4.71. The van der Waals surface area contributed by atoms with Gasteiger partial charge < -0.3 is 19.6 Å². The van der Waals surface area contributed by atoms with Crippen LogP contribution in [0.5, 0.6) is 11.5 Å². The maximum absolute atomic E-state index is 11.1. The Morgan fingerprint density at radius 2 is 1.86 bits per heavy atom. The van der Waals surface area contributed by atoms with Crippen molar-refractivity contribution in [2.75, 3.05) is 24.5 Å². The van der Waals surface area contributed by atoms with E-state index < -0.39 is 6.09 Å². The summed E-state index contributed by atoms with van der Waals surface area (Å²) in [7, 11) is 0. The van der Waals surface area contributed by atoms with Gasteiger partial charge in [-0.15, -0.1) is 0 Å². The quantitative estimate of drug-likeness (QED) is 0.587. The predicted molar refractivity (Wildman–Crippen MR) is 107 cm³/mol. The zero-order valence-corrected chi connectivity index (χ0v) is 15.7. The number of anilines is 1. The molecule has 1 fully saturated rings. The molecule has 0 aliphatic carbocycles. The van der Waals surface area contributed by atoms with Gasteiger partial charge in [0.05, 0.1) is 17.7 Å². The highest BCUT2D eigenvalue weighted by Crippen LogP contribution is 2.27. The minimum Gasteiger partial charge on any atom is -0.465 e. The van der Waals surface area contributed by atoms with Gasteiger partial charge in [0.1, 0.15) is 18.0 Å². The highest BCUT2D eigenvalue weighted by atomic mass is 16.5. The van der Waals surface area contributed by atoms with Crippen LogP contribution in [0.1, 0.15) is 6.42 Å². The van der Waals surface area contributed by atoms with Crippen LogP contribution in [-0.2, 0) is 0 Å². The Hall–Kier alpha value is -3.97. The molecule has 0 spiro atoms. The van der Waals surface area contributed by atoms with Crippen molar-refractivity contribution in [1.29, 1.82) is 10.5 Å². The molecule has 0 bridgehead atoms. The van der Waals surface area contributed by atoms with Gasteiger partial charge in [-0.1, -0.05) is 18.2 Å². The number of ether oxygens (including phenoxy) is 1. The summed E-state index contributed by atoms with van der Waals surface area (Å²) in [5.41, 5.74) is 1.21. The number of amides is 1. The van der Waals surface area contributed by atoms with Crippen LogP contribution in [0.2, 0.25) is 0 Å². The van der Waals surface area contributed by atoms with Crippen LogP contribution in [0.4, 0.5) is 10.5 Å². The molecule has 1 saturated heterocycles. The van der Waals surface area contributed by atoms with E-state index in [0.29, 0.717) is 30.8 Å². The molecular formula is C22H20N4O3. The Kier molecular flexibility index (Phi) is 6.34. The smallest absolute Gasteiger partial charge is 0.407 e. The van der Waals surface area contributed by atoms with Crippen molar-refractivity contribution in [1.82, 2.24) is 4.90 Å². The molecule has 1 N–H and O–H groups in total. The van der Waals surface area contributed by atoms with E-state index in [9.17, 15) is 15.3 Å². The molecule has 0 aromatic heterocycles. The molecule has 7 heteroatoms. The second kappa shape index (κ2) is 9.29. The van der Waals surface area contributed by atoms with E-state index in [1.807, 2.05) is 42.5 Å². The first-order valence-corrected chi connectivity index (χ1v) is 9.17. The highest BCUT2D eigenvalue weighted by molar-refractivity contribution is 5.65. The van der Waals surface area contributed by atoms with Gasteiger partial charge in [-0.25, -0.2) is 4.79 Å². The molecule has 3 rings (SSSR count). The summed E-state index contributed by atoms with van der Waals surface area (Å²) >= 11 is 0. The molecule has 2 aromatic rings. The lowest BCUT2D eigenvalue weighted by Gasteiger charge is -2.20. The topological polar surface area (TPSA) is 101 Å². The monoisotopic (exact) mass is 388 g/mol. The van der Waals surface area contributed by atoms with Gasteiger partial charge >= 0.3 is 6.09 Å². The van der Waals surface area contributed by atoms with Crippen molar-refractivity contribution in [3.8, 4) is 23.6 Å². The summed E-state index contributed by atoms with van der Waals surface area (Å²) in [6.07, 6.45) is 1.26. The standard InChI is InChI=1S/C22H20N4O3/c23-11-13-25(16-18(14-24)17-10-12-26(15-17)22(27)28)19-6-8-21(9-7-19)29-20-4-2-1-3-5-20/h1-9,16-17H,10,12-13,15H2,(H,27,28)/b18-16-. The summed E-state index contributed by atoms with van der Waals surface area (Å²) in [6, 6.07) is 20.9. The van der Waals surface area contributed by atoms with Gasteiger partial charge in [-0.3, -0.25) is 0 Å². The predicted octanol–water partition coefficient (Wildman–Crippen LogP) is 4.22. The van der Waals surface area contributed by atoms with Crippen molar-refractivity contribution in [3.05, 3.63) is 66.4 Å². The van der Waals surface area contributed by atoms with Crippen LogP contribution < -0.4 is 9.64 Å². The molecular weight excluding hydrogens is 368 g/mol. The number of hydrogen-bond donors (Lipinski definition) is 1. The summed E-state index contributed by atoms with van der Waals surface area (Å²) in [4.78, 5) is 14.1. The van der Waals surface area contributed by atoms with Gasteiger partial charge in [-0.05, 0) is 42.8 Å². The molecule has 1 amide bonds. The molecule has 7 nitrogen and oxygen atoms in total. The number of rotatable bonds is 6. The minimum absolute atomic E-state index is 0.0689. The molecule has 1 unspecified atom stereocenters. The summed E-state index contributed by atoms with van der Waals surface area (Å²) in [5, 5.41) is 27.9. The molecule has 29 heavy (non-hydrogen) atoms. The Balaban J connectivity index is 1.76. The number of nitriles is 2. The Labute approximate surface area is 169 Å². The van der Waals surface area contributed by atoms with E-state index in [4.69, 9.17) is 9.84 Å². The van der Waals surface area contributed by atoms with Crippen molar-refractivity contribution < 1.29 is 14.6 Å².